The maximum Gasteiger partial charge on any atom is 0.240 e. The van der Waals surface area contributed by atoms with E-state index in [2.05, 4.69) is 42.4 Å². The average molecular weight is 475 g/mol. The molecule has 2 aromatic carbocycles. The number of aromatic amines is 1. The van der Waals surface area contributed by atoms with Crippen molar-refractivity contribution >= 4 is 44.7 Å². The summed E-state index contributed by atoms with van der Waals surface area (Å²) in [6.45, 7) is 1.65. The summed E-state index contributed by atoms with van der Waals surface area (Å²) in [7, 11) is -3.54. The van der Waals surface area contributed by atoms with Crippen molar-refractivity contribution in [2.24, 2.45) is 0 Å². The number of hydrogen-bond donors (Lipinski definition) is 4. The Morgan fingerprint density at radius 2 is 1.71 bits per heavy atom. The minimum absolute atomic E-state index is 0.0269. The Morgan fingerprint density at radius 3 is 2.47 bits per heavy atom. The number of nitrogens with one attached hydrogen (secondary N) is 4. The fourth-order valence-electron chi connectivity index (χ4n) is 4.00. The van der Waals surface area contributed by atoms with Gasteiger partial charge < -0.3 is 15.6 Å². The predicted molar refractivity (Wildman–Crippen MR) is 135 cm³/mol. The highest BCUT2D eigenvalue weighted by molar-refractivity contribution is 7.89. The van der Waals surface area contributed by atoms with Gasteiger partial charge in [0.1, 0.15) is 0 Å². The van der Waals surface area contributed by atoms with E-state index in [1.165, 1.54) is 0 Å². The lowest BCUT2D eigenvalue weighted by atomic mass is 10.1. The van der Waals surface area contributed by atoms with Gasteiger partial charge in [0.25, 0.3) is 0 Å². The minimum atomic E-state index is -3.54. The van der Waals surface area contributed by atoms with Gasteiger partial charge in [0.2, 0.25) is 16.0 Å². The molecule has 0 unspecified atom stereocenters. The van der Waals surface area contributed by atoms with E-state index in [1.54, 1.807) is 36.7 Å². The summed E-state index contributed by atoms with van der Waals surface area (Å²) in [6, 6.07) is 14.8. The second-order valence-corrected chi connectivity index (χ2v) is 9.97. The Hall–Kier alpha value is -3.53. The molecule has 0 saturated carbocycles. The molecule has 1 fully saturated rings. The number of H-pyrrole nitrogens is 1. The molecule has 34 heavy (non-hydrogen) atoms. The van der Waals surface area contributed by atoms with Crippen LogP contribution in [-0.2, 0) is 10.0 Å². The summed E-state index contributed by atoms with van der Waals surface area (Å²) < 4.78 is 28.1. The molecule has 0 spiro atoms. The molecule has 1 saturated heterocycles. The zero-order valence-corrected chi connectivity index (χ0v) is 19.3. The highest BCUT2D eigenvalue weighted by Gasteiger charge is 2.21. The van der Waals surface area contributed by atoms with Crippen LogP contribution in [0.3, 0.4) is 0 Å². The molecule has 4 aromatic rings. The Labute approximate surface area is 198 Å². The van der Waals surface area contributed by atoms with Crippen LogP contribution in [-0.4, -0.2) is 42.5 Å². The van der Waals surface area contributed by atoms with Crippen molar-refractivity contribution in [2.75, 3.05) is 18.4 Å². The van der Waals surface area contributed by atoms with E-state index in [0.717, 1.165) is 48.0 Å². The second-order valence-electron chi connectivity index (χ2n) is 8.25. The zero-order valence-electron chi connectivity index (χ0n) is 18.5. The Kier molecular flexibility index (Phi) is 6.39. The molecule has 5 rings (SSSR count). The quantitative estimate of drug-likeness (QED) is 0.323. The standard InChI is InChI=1S/C25H26N6O2S/c32-34(33,31-21-10-13-26-14-11-21)22-8-6-20(7-9-22)30-25-28-16-18(17-29-25)4-5-19-2-1-3-24-23(19)12-15-27-24/h1-9,12,15-17,21,26-27,31H,10-11,13-14H2,(H,28,29,30)/b5-4+. The van der Waals surface area contributed by atoms with E-state index in [-0.39, 0.29) is 10.9 Å². The molecule has 0 amide bonds. The number of rotatable bonds is 7. The summed E-state index contributed by atoms with van der Waals surface area (Å²) in [5.41, 5.74) is 3.80. The van der Waals surface area contributed by atoms with Crippen LogP contribution in [0.2, 0.25) is 0 Å². The second kappa shape index (κ2) is 9.76. The smallest absolute Gasteiger partial charge is 0.240 e. The molecule has 174 valence electrons. The summed E-state index contributed by atoms with van der Waals surface area (Å²) in [5, 5.41) is 7.51. The van der Waals surface area contributed by atoms with Gasteiger partial charge in [-0.2, -0.15) is 0 Å². The summed E-state index contributed by atoms with van der Waals surface area (Å²) in [6.07, 6.45) is 11.0. The van der Waals surface area contributed by atoms with E-state index in [4.69, 9.17) is 0 Å². The van der Waals surface area contributed by atoms with Crippen LogP contribution in [0.4, 0.5) is 11.6 Å². The molecule has 2 aromatic heterocycles. The topological polar surface area (TPSA) is 112 Å². The lowest BCUT2D eigenvalue weighted by Gasteiger charge is -2.23. The fraction of sp³-hybridized carbons (Fsp3) is 0.200. The number of piperidine rings is 1. The van der Waals surface area contributed by atoms with Gasteiger partial charge in [0.15, 0.2) is 0 Å². The minimum Gasteiger partial charge on any atom is -0.361 e. The first-order chi connectivity index (χ1) is 16.6. The molecule has 4 N–H and O–H groups in total. The highest BCUT2D eigenvalue weighted by atomic mass is 32.2. The van der Waals surface area contributed by atoms with Crippen LogP contribution in [0, 0.1) is 0 Å². The van der Waals surface area contributed by atoms with Gasteiger partial charge in [-0.3, -0.25) is 0 Å². The third-order valence-corrected chi connectivity index (χ3v) is 7.37. The first-order valence-corrected chi connectivity index (χ1v) is 12.7. The molecular formula is C25H26N6O2S. The summed E-state index contributed by atoms with van der Waals surface area (Å²) >= 11 is 0. The molecule has 8 nitrogen and oxygen atoms in total. The van der Waals surface area contributed by atoms with E-state index < -0.39 is 10.0 Å². The van der Waals surface area contributed by atoms with Crippen molar-refractivity contribution in [3.05, 3.63) is 78.2 Å². The number of benzene rings is 2. The number of anilines is 2. The van der Waals surface area contributed by atoms with Crippen LogP contribution < -0.4 is 15.4 Å². The molecule has 0 atom stereocenters. The van der Waals surface area contributed by atoms with Crippen molar-refractivity contribution in [3.8, 4) is 0 Å². The maximum atomic E-state index is 12.6. The van der Waals surface area contributed by atoms with Crippen molar-refractivity contribution < 1.29 is 8.42 Å². The van der Waals surface area contributed by atoms with E-state index >= 15 is 0 Å². The zero-order chi connectivity index (χ0) is 23.4. The first kappa shape index (κ1) is 22.3. The van der Waals surface area contributed by atoms with E-state index in [9.17, 15) is 8.42 Å². The number of fused-ring (bicyclic) bond motifs is 1. The lowest BCUT2D eigenvalue weighted by molar-refractivity contribution is 0.427. The van der Waals surface area contributed by atoms with Gasteiger partial charge in [-0.25, -0.2) is 23.1 Å². The molecule has 1 aliphatic rings. The normalized spacial score (nSPS) is 15.2. The average Bonchev–Trinajstić information content (AvgIpc) is 3.34. The largest absolute Gasteiger partial charge is 0.361 e. The molecule has 3 heterocycles. The SMILES string of the molecule is O=S(=O)(NC1CCNCC1)c1ccc(Nc2ncc(/C=C/c3cccc4[nH]ccc34)cn2)cc1. The van der Waals surface area contributed by atoms with Crippen LogP contribution in [0.1, 0.15) is 24.0 Å². The van der Waals surface area contributed by atoms with Gasteiger partial charge in [0, 0.05) is 46.8 Å². The molecule has 1 aliphatic heterocycles. The third-order valence-electron chi connectivity index (χ3n) is 5.84. The molecule has 0 aliphatic carbocycles. The highest BCUT2D eigenvalue weighted by Crippen LogP contribution is 2.21. The van der Waals surface area contributed by atoms with Crippen molar-refractivity contribution in [1.82, 2.24) is 25.0 Å². The van der Waals surface area contributed by atoms with Crippen LogP contribution >= 0.6 is 0 Å². The number of hydrogen-bond acceptors (Lipinski definition) is 6. The van der Waals surface area contributed by atoms with Crippen LogP contribution in [0.15, 0.2) is 72.0 Å². The fourth-order valence-corrected chi connectivity index (χ4v) is 5.31. The summed E-state index contributed by atoms with van der Waals surface area (Å²) in [4.78, 5) is 12.2. The molecular weight excluding hydrogens is 448 g/mol. The van der Waals surface area contributed by atoms with Gasteiger partial charge in [-0.15, -0.1) is 0 Å². The summed E-state index contributed by atoms with van der Waals surface area (Å²) in [5.74, 6) is 0.438. The number of sulfonamides is 1. The number of aromatic nitrogens is 3. The molecule has 9 heteroatoms. The predicted octanol–water partition coefficient (Wildman–Crippen LogP) is 3.90. The van der Waals surface area contributed by atoms with Gasteiger partial charge >= 0.3 is 0 Å². The van der Waals surface area contributed by atoms with Crippen molar-refractivity contribution in [3.63, 3.8) is 0 Å². The Balaban J connectivity index is 1.22. The van der Waals surface area contributed by atoms with Gasteiger partial charge in [-0.1, -0.05) is 24.3 Å². The van der Waals surface area contributed by atoms with E-state index in [1.807, 2.05) is 30.5 Å². The number of nitrogens with zero attached hydrogens (tertiary/aromatic N) is 2. The maximum absolute atomic E-state index is 12.6. The Bertz CT molecular complexity index is 1390. The first-order valence-electron chi connectivity index (χ1n) is 11.2. The van der Waals surface area contributed by atoms with E-state index in [0.29, 0.717) is 11.6 Å². The van der Waals surface area contributed by atoms with Gasteiger partial charge in [0.05, 0.1) is 4.90 Å². The van der Waals surface area contributed by atoms with Crippen LogP contribution in [0.5, 0.6) is 0 Å². The molecule has 0 bridgehead atoms. The lowest BCUT2D eigenvalue weighted by Crippen LogP contribution is -2.42. The third kappa shape index (κ3) is 5.17. The monoisotopic (exact) mass is 474 g/mol. The van der Waals surface area contributed by atoms with Crippen LogP contribution in [0.25, 0.3) is 23.1 Å². The molecule has 0 radical (unpaired) electrons. The van der Waals surface area contributed by atoms with Gasteiger partial charge in [-0.05, 0) is 67.9 Å². The van der Waals surface area contributed by atoms with Crippen molar-refractivity contribution in [1.29, 1.82) is 0 Å². The van der Waals surface area contributed by atoms with Crippen molar-refractivity contribution in [2.45, 2.75) is 23.8 Å². The Morgan fingerprint density at radius 1 is 0.941 bits per heavy atom.